The van der Waals surface area contributed by atoms with Gasteiger partial charge in [-0.3, -0.25) is 4.99 Å². The molecule has 0 aliphatic carbocycles. The second-order valence-electron chi connectivity index (χ2n) is 7.91. The fourth-order valence-electron chi connectivity index (χ4n) is 3.55. The van der Waals surface area contributed by atoms with Gasteiger partial charge in [0.1, 0.15) is 5.75 Å². The van der Waals surface area contributed by atoms with E-state index >= 15 is 0 Å². The lowest BCUT2D eigenvalue weighted by molar-refractivity contribution is -0.274. The fraction of sp³-hybridized carbons (Fsp3) is 0.682. The van der Waals surface area contributed by atoms with E-state index in [2.05, 4.69) is 19.9 Å². The van der Waals surface area contributed by atoms with Crippen LogP contribution in [0.15, 0.2) is 29.3 Å². The van der Waals surface area contributed by atoms with Crippen molar-refractivity contribution < 1.29 is 27.8 Å². The molecule has 2 N–H and O–H groups in total. The number of hydrogen-bond acceptors (Lipinski definition) is 4. The van der Waals surface area contributed by atoms with Gasteiger partial charge in [-0.05, 0) is 56.2 Å². The van der Waals surface area contributed by atoms with Gasteiger partial charge in [-0.15, -0.1) is 37.1 Å². The van der Waals surface area contributed by atoms with Gasteiger partial charge >= 0.3 is 6.36 Å². The first kappa shape index (κ1) is 28.8. The average Bonchev–Trinajstić information content (AvgIpc) is 2.74. The average molecular weight is 573 g/mol. The summed E-state index contributed by atoms with van der Waals surface area (Å²) in [5.74, 6) is 1.08. The van der Waals surface area contributed by atoms with Gasteiger partial charge in [0.25, 0.3) is 0 Å². The third kappa shape index (κ3) is 11.0. The van der Waals surface area contributed by atoms with Crippen LogP contribution in [0.2, 0.25) is 0 Å². The molecule has 1 aromatic rings. The lowest BCUT2D eigenvalue weighted by atomic mass is 9.96. The monoisotopic (exact) mass is 573 g/mol. The van der Waals surface area contributed by atoms with Gasteiger partial charge in [-0.25, -0.2) is 0 Å². The van der Waals surface area contributed by atoms with E-state index in [4.69, 9.17) is 4.74 Å². The zero-order valence-corrected chi connectivity index (χ0v) is 21.1. The molecular formula is C22H35F3IN3O3. The molecule has 10 heteroatoms. The molecule has 2 rings (SSSR count). The molecule has 6 nitrogen and oxygen atoms in total. The summed E-state index contributed by atoms with van der Waals surface area (Å²) in [6, 6.07) is 5.74. The SMILES string of the molecule is CCNC(=NCC(CO)Cc1ccc(OC(F)(F)F)cc1)N(C)CCC1CCOCC1.I. The van der Waals surface area contributed by atoms with E-state index in [0.717, 1.165) is 57.1 Å². The molecule has 1 atom stereocenters. The van der Waals surface area contributed by atoms with Crippen molar-refractivity contribution in [3.8, 4) is 5.75 Å². The van der Waals surface area contributed by atoms with E-state index in [9.17, 15) is 18.3 Å². The predicted octanol–water partition coefficient (Wildman–Crippen LogP) is 4.07. The maximum Gasteiger partial charge on any atom is 0.573 e. The van der Waals surface area contributed by atoms with Gasteiger partial charge in [0.15, 0.2) is 5.96 Å². The number of rotatable bonds is 10. The normalized spacial score (nSPS) is 16.2. The molecule has 0 saturated carbocycles. The molecule has 184 valence electrons. The minimum absolute atomic E-state index is 0. The Balaban J connectivity index is 0.00000512. The van der Waals surface area contributed by atoms with Crippen LogP contribution >= 0.6 is 24.0 Å². The Labute approximate surface area is 205 Å². The number of hydrogen-bond donors (Lipinski definition) is 2. The van der Waals surface area contributed by atoms with Gasteiger partial charge < -0.3 is 24.8 Å². The molecule has 1 aromatic carbocycles. The molecule has 1 unspecified atom stereocenters. The van der Waals surface area contributed by atoms with Crippen molar-refractivity contribution in [1.82, 2.24) is 10.2 Å². The van der Waals surface area contributed by atoms with E-state index in [1.165, 1.54) is 12.1 Å². The maximum atomic E-state index is 12.3. The summed E-state index contributed by atoms with van der Waals surface area (Å²) in [6.07, 6.45) is -0.914. The highest BCUT2D eigenvalue weighted by Crippen LogP contribution is 2.23. The summed E-state index contributed by atoms with van der Waals surface area (Å²) in [4.78, 5) is 6.79. The number of aliphatic hydroxyl groups is 1. The van der Waals surface area contributed by atoms with Crippen molar-refractivity contribution in [1.29, 1.82) is 0 Å². The highest BCUT2D eigenvalue weighted by atomic mass is 127. The van der Waals surface area contributed by atoms with Crippen LogP contribution in [0, 0.1) is 11.8 Å². The molecule has 32 heavy (non-hydrogen) atoms. The Hall–Kier alpha value is -1.27. The third-order valence-electron chi connectivity index (χ3n) is 5.35. The Morgan fingerprint density at radius 3 is 2.50 bits per heavy atom. The quantitative estimate of drug-likeness (QED) is 0.251. The Bertz CT molecular complexity index is 669. The first-order chi connectivity index (χ1) is 14.8. The van der Waals surface area contributed by atoms with Crippen LogP contribution in [-0.2, 0) is 11.2 Å². The number of nitrogens with one attached hydrogen (secondary N) is 1. The second kappa shape index (κ2) is 14.8. The molecule has 1 aliphatic heterocycles. The lowest BCUT2D eigenvalue weighted by Gasteiger charge is -2.27. The minimum Gasteiger partial charge on any atom is -0.406 e. The van der Waals surface area contributed by atoms with Crippen LogP contribution in [0.4, 0.5) is 13.2 Å². The molecular weight excluding hydrogens is 538 g/mol. The van der Waals surface area contributed by atoms with E-state index in [-0.39, 0.29) is 42.3 Å². The van der Waals surface area contributed by atoms with Crippen molar-refractivity contribution in [2.24, 2.45) is 16.8 Å². The van der Waals surface area contributed by atoms with Gasteiger partial charge in [-0.2, -0.15) is 0 Å². The molecule has 1 fully saturated rings. The van der Waals surface area contributed by atoms with Crippen LogP contribution in [0.25, 0.3) is 0 Å². The summed E-state index contributed by atoms with van der Waals surface area (Å²) in [6.45, 7) is 5.67. The van der Waals surface area contributed by atoms with E-state index in [1.807, 2.05) is 14.0 Å². The number of aliphatic imine (C=N–C) groups is 1. The standard InChI is InChI=1S/C22H34F3N3O3.HI/c1-3-26-21(28(2)11-8-17-9-12-30-13-10-17)27-15-19(16-29)14-18-4-6-20(7-5-18)31-22(23,24)25;/h4-7,17,19,29H,3,8-16H2,1-2H3,(H,26,27);1H. The highest BCUT2D eigenvalue weighted by Gasteiger charge is 2.31. The van der Waals surface area contributed by atoms with Gasteiger partial charge in [0.05, 0.1) is 0 Å². The Morgan fingerprint density at radius 1 is 1.28 bits per heavy atom. The smallest absolute Gasteiger partial charge is 0.406 e. The van der Waals surface area contributed by atoms with Crippen LogP contribution < -0.4 is 10.1 Å². The first-order valence-electron chi connectivity index (χ1n) is 10.8. The van der Waals surface area contributed by atoms with Crippen LogP contribution in [0.5, 0.6) is 5.75 Å². The number of nitrogens with zero attached hydrogens (tertiary/aromatic N) is 2. The van der Waals surface area contributed by atoms with Crippen molar-refractivity contribution in [2.75, 3.05) is 46.5 Å². The summed E-state index contributed by atoms with van der Waals surface area (Å²) in [7, 11) is 2.01. The molecule has 0 spiro atoms. The summed E-state index contributed by atoms with van der Waals surface area (Å²) < 4.78 is 46.2. The van der Waals surface area contributed by atoms with Crippen molar-refractivity contribution in [3.05, 3.63) is 29.8 Å². The fourth-order valence-corrected chi connectivity index (χ4v) is 3.55. The van der Waals surface area contributed by atoms with Gasteiger partial charge in [0.2, 0.25) is 0 Å². The number of benzene rings is 1. The summed E-state index contributed by atoms with van der Waals surface area (Å²) in [5, 5.41) is 13.1. The van der Waals surface area contributed by atoms with E-state index in [0.29, 0.717) is 18.9 Å². The van der Waals surface area contributed by atoms with Gasteiger partial charge in [-0.1, -0.05) is 12.1 Å². The number of guanidine groups is 1. The predicted molar refractivity (Wildman–Crippen MR) is 130 cm³/mol. The maximum absolute atomic E-state index is 12.3. The number of aliphatic hydroxyl groups excluding tert-OH is 1. The summed E-state index contributed by atoms with van der Waals surface area (Å²) >= 11 is 0. The number of halogens is 4. The second-order valence-corrected chi connectivity index (χ2v) is 7.91. The largest absolute Gasteiger partial charge is 0.573 e. The zero-order valence-electron chi connectivity index (χ0n) is 18.7. The van der Waals surface area contributed by atoms with Crippen molar-refractivity contribution in [2.45, 2.75) is 39.0 Å². The Kier molecular flexibility index (Phi) is 13.3. The third-order valence-corrected chi connectivity index (χ3v) is 5.35. The molecule has 1 saturated heterocycles. The highest BCUT2D eigenvalue weighted by molar-refractivity contribution is 14.0. The molecule has 0 amide bonds. The first-order valence-corrected chi connectivity index (χ1v) is 10.8. The molecule has 0 radical (unpaired) electrons. The van der Waals surface area contributed by atoms with Crippen molar-refractivity contribution >= 4 is 29.9 Å². The lowest BCUT2D eigenvalue weighted by Crippen LogP contribution is -2.40. The number of alkyl halides is 3. The minimum atomic E-state index is -4.71. The molecule has 0 bridgehead atoms. The topological polar surface area (TPSA) is 66.3 Å². The van der Waals surface area contributed by atoms with Crippen molar-refractivity contribution in [3.63, 3.8) is 0 Å². The van der Waals surface area contributed by atoms with Gasteiger partial charge in [0, 0.05) is 52.4 Å². The molecule has 0 aromatic heterocycles. The summed E-state index contributed by atoms with van der Waals surface area (Å²) in [5.41, 5.74) is 0.821. The zero-order chi connectivity index (χ0) is 22.7. The van der Waals surface area contributed by atoms with Crippen LogP contribution in [0.3, 0.4) is 0 Å². The van der Waals surface area contributed by atoms with Crippen LogP contribution in [0.1, 0.15) is 31.7 Å². The Morgan fingerprint density at radius 2 is 1.94 bits per heavy atom. The number of ether oxygens (including phenoxy) is 2. The molecule has 1 aliphatic rings. The van der Waals surface area contributed by atoms with E-state index in [1.54, 1.807) is 12.1 Å². The molecule has 1 heterocycles. The van der Waals surface area contributed by atoms with Crippen LogP contribution in [-0.4, -0.2) is 68.8 Å². The van der Waals surface area contributed by atoms with E-state index < -0.39 is 6.36 Å².